The van der Waals surface area contributed by atoms with Gasteiger partial charge in [-0.25, -0.2) is 4.39 Å². The van der Waals surface area contributed by atoms with E-state index in [0.717, 1.165) is 32.1 Å². The first-order valence-electron chi connectivity index (χ1n) is 11.7. The Morgan fingerprint density at radius 1 is 1.07 bits per heavy atom. The fourth-order valence-electron chi connectivity index (χ4n) is 8.91. The minimum atomic E-state index is -1.01. The summed E-state index contributed by atoms with van der Waals surface area (Å²) in [6.45, 7) is 9.88. The highest BCUT2D eigenvalue weighted by Gasteiger charge is 2.76. The molecular weight excluding hydrogens is 451 g/mol. The van der Waals surface area contributed by atoms with E-state index < -0.39 is 28.0 Å². The molecule has 0 spiro atoms. The molecule has 6 heteroatoms. The molecule has 5 fully saturated rings. The predicted octanol–water partition coefficient (Wildman–Crippen LogP) is 4.94. The Kier molecular flexibility index (Phi) is 4.57. The number of ether oxygens (including phenoxy) is 2. The SMILES string of the molecule is CC(=O)[C@]12OC(C)(C)O[C@H]1C[C@H]1[C@@H]3C[C@@H](F)[C@@]4(Br)C[C@H](O)CC[C@]4(C)[C@H]3CC[C@@]12C. The van der Waals surface area contributed by atoms with Gasteiger partial charge in [0.25, 0.3) is 0 Å². The molecule has 5 rings (SSSR count). The van der Waals surface area contributed by atoms with Gasteiger partial charge in [0.2, 0.25) is 0 Å². The van der Waals surface area contributed by atoms with Crippen molar-refractivity contribution in [1.29, 1.82) is 0 Å². The van der Waals surface area contributed by atoms with Gasteiger partial charge in [-0.1, -0.05) is 29.8 Å². The number of carbonyl (C=O) groups is 1. The molecule has 0 aromatic rings. The zero-order valence-electron chi connectivity index (χ0n) is 18.8. The maximum atomic E-state index is 15.9. The second-order valence-corrected chi connectivity index (χ2v) is 13.3. The second-order valence-electron chi connectivity index (χ2n) is 11.8. The van der Waals surface area contributed by atoms with Crippen molar-refractivity contribution in [3.8, 4) is 0 Å². The van der Waals surface area contributed by atoms with E-state index >= 15 is 4.39 Å². The molecule has 10 atom stereocenters. The summed E-state index contributed by atoms with van der Waals surface area (Å²) in [5.41, 5.74) is -1.46. The van der Waals surface area contributed by atoms with Crippen molar-refractivity contribution < 1.29 is 23.8 Å². The van der Waals surface area contributed by atoms with Gasteiger partial charge in [-0.15, -0.1) is 0 Å². The Morgan fingerprint density at radius 2 is 1.73 bits per heavy atom. The summed E-state index contributed by atoms with van der Waals surface area (Å²) in [4.78, 5) is 13.1. The molecule has 4 nitrogen and oxygen atoms in total. The molecule has 1 heterocycles. The average Bonchev–Trinajstić information content (AvgIpc) is 3.05. The van der Waals surface area contributed by atoms with E-state index in [0.29, 0.717) is 18.8 Å². The van der Waals surface area contributed by atoms with Crippen LogP contribution in [0.5, 0.6) is 0 Å². The lowest BCUT2D eigenvalue weighted by molar-refractivity contribution is -0.220. The zero-order valence-corrected chi connectivity index (χ0v) is 20.4. The van der Waals surface area contributed by atoms with Gasteiger partial charge < -0.3 is 14.6 Å². The van der Waals surface area contributed by atoms with Crippen molar-refractivity contribution in [2.45, 2.75) is 114 Å². The van der Waals surface area contributed by atoms with Crippen molar-refractivity contribution >= 4 is 21.7 Å². The second kappa shape index (κ2) is 6.30. The van der Waals surface area contributed by atoms with Gasteiger partial charge in [0.1, 0.15) is 6.17 Å². The topological polar surface area (TPSA) is 55.8 Å². The Morgan fingerprint density at radius 3 is 2.40 bits per heavy atom. The Bertz CT molecular complexity index is 774. The maximum Gasteiger partial charge on any atom is 0.164 e. The summed E-state index contributed by atoms with van der Waals surface area (Å²) in [5.74, 6) is 0.0793. The standard InChI is InChI=1S/C24H36BrFO4/c1-13(27)24-19(29-20(2,3)30-24)11-17-15-10-18(26)23(25)12-14(28)6-8-21(23,4)16(15)7-9-22(17,24)5/h14-19,28H,6-12H2,1-5H3/t14-,15-,16+,17+,18-,19+,21-,22+,23+,24+/m1/s1. The normalized spacial score (nSPS) is 59.1. The van der Waals surface area contributed by atoms with Crippen LogP contribution in [0.1, 0.15) is 79.6 Å². The predicted molar refractivity (Wildman–Crippen MR) is 115 cm³/mol. The summed E-state index contributed by atoms with van der Waals surface area (Å²) in [5, 5.41) is 10.3. The number of fused-ring (bicyclic) bond motifs is 7. The van der Waals surface area contributed by atoms with Gasteiger partial charge in [0.05, 0.1) is 16.5 Å². The lowest BCUT2D eigenvalue weighted by Gasteiger charge is -2.65. The molecule has 0 amide bonds. The smallest absolute Gasteiger partial charge is 0.164 e. The van der Waals surface area contributed by atoms with Crippen LogP contribution in [0.3, 0.4) is 0 Å². The minimum Gasteiger partial charge on any atom is -0.393 e. The number of ketones is 1. The average molecular weight is 487 g/mol. The van der Waals surface area contributed by atoms with Gasteiger partial charge in [-0.2, -0.15) is 0 Å². The summed E-state index contributed by atoms with van der Waals surface area (Å²) < 4.78 is 27.9. The fourth-order valence-corrected chi connectivity index (χ4v) is 9.97. The molecular formula is C24H36BrFO4. The van der Waals surface area contributed by atoms with E-state index in [1.165, 1.54) is 0 Å². The summed E-state index contributed by atoms with van der Waals surface area (Å²) >= 11 is 3.84. The summed E-state index contributed by atoms with van der Waals surface area (Å²) in [6, 6.07) is 0. The zero-order chi connectivity index (χ0) is 21.9. The molecule has 4 aliphatic carbocycles. The van der Waals surface area contributed by atoms with Gasteiger partial charge in [0.15, 0.2) is 17.2 Å². The molecule has 0 aromatic carbocycles. The maximum absolute atomic E-state index is 15.9. The first kappa shape index (κ1) is 21.8. The van der Waals surface area contributed by atoms with Crippen molar-refractivity contribution in [3.63, 3.8) is 0 Å². The third-order valence-corrected chi connectivity index (χ3v) is 12.0. The molecule has 5 aliphatic rings. The number of rotatable bonds is 1. The van der Waals surface area contributed by atoms with Crippen LogP contribution in [0.4, 0.5) is 4.39 Å². The molecule has 1 aliphatic heterocycles. The van der Waals surface area contributed by atoms with Crippen LogP contribution >= 0.6 is 15.9 Å². The summed E-state index contributed by atoms with van der Waals surface area (Å²) in [7, 11) is 0. The molecule has 170 valence electrons. The van der Waals surface area contributed by atoms with E-state index in [1.54, 1.807) is 6.92 Å². The van der Waals surface area contributed by atoms with Gasteiger partial charge in [-0.3, -0.25) is 4.79 Å². The molecule has 0 bridgehead atoms. The van der Waals surface area contributed by atoms with E-state index in [1.807, 2.05) is 13.8 Å². The lowest BCUT2D eigenvalue weighted by atomic mass is 9.43. The Labute approximate surface area is 187 Å². The first-order valence-corrected chi connectivity index (χ1v) is 12.5. The van der Waals surface area contributed by atoms with Crippen molar-refractivity contribution in [3.05, 3.63) is 0 Å². The van der Waals surface area contributed by atoms with Crippen LogP contribution in [0, 0.1) is 28.6 Å². The molecule has 1 N–H and O–H groups in total. The molecule has 0 aromatic heterocycles. The number of alkyl halides is 2. The van der Waals surface area contributed by atoms with E-state index in [-0.39, 0.29) is 34.6 Å². The van der Waals surface area contributed by atoms with E-state index in [4.69, 9.17) is 9.47 Å². The highest BCUT2D eigenvalue weighted by molar-refractivity contribution is 9.10. The number of aliphatic hydroxyl groups is 1. The van der Waals surface area contributed by atoms with Crippen LogP contribution in [0.2, 0.25) is 0 Å². The highest BCUT2D eigenvalue weighted by Crippen LogP contribution is 2.73. The molecule has 0 unspecified atom stereocenters. The molecule has 1 saturated heterocycles. The van der Waals surface area contributed by atoms with Crippen molar-refractivity contribution in [2.75, 3.05) is 0 Å². The van der Waals surface area contributed by atoms with Crippen LogP contribution < -0.4 is 0 Å². The first-order chi connectivity index (χ1) is 13.8. The Hall–Kier alpha value is -0.0400. The van der Waals surface area contributed by atoms with Crippen LogP contribution in [-0.2, 0) is 14.3 Å². The van der Waals surface area contributed by atoms with Gasteiger partial charge in [-0.05, 0) is 88.9 Å². The number of hydrogen-bond donors (Lipinski definition) is 1. The number of aliphatic hydroxyl groups excluding tert-OH is 1. The van der Waals surface area contributed by atoms with Gasteiger partial charge >= 0.3 is 0 Å². The van der Waals surface area contributed by atoms with Crippen LogP contribution in [0.25, 0.3) is 0 Å². The number of Topliss-reactive ketones (excluding diaryl/α,β-unsaturated/α-hetero) is 1. The third-order valence-electron chi connectivity index (χ3n) is 10.2. The summed E-state index contributed by atoms with van der Waals surface area (Å²) in [6.07, 6.45) is 3.48. The number of hydrogen-bond acceptors (Lipinski definition) is 4. The molecule has 0 radical (unpaired) electrons. The van der Waals surface area contributed by atoms with Gasteiger partial charge in [0, 0.05) is 5.41 Å². The fraction of sp³-hybridized carbons (Fsp3) is 0.958. The minimum absolute atomic E-state index is 0.0518. The quantitative estimate of drug-likeness (QED) is 0.533. The monoisotopic (exact) mass is 486 g/mol. The van der Waals surface area contributed by atoms with E-state index in [2.05, 4.69) is 29.8 Å². The Balaban J connectivity index is 1.55. The lowest BCUT2D eigenvalue weighted by Crippen LogP contribution is -2.66. The number of carbonyl (C=O) groups excluding carboxylic acids is 1. The van der Waals surface area contributed by atoms with Crippen LogP contribution in [0.15, 0.2) is 0 Å². The molecule has 30 heavy (non-hydrogen) atoms. The van der Waals surface area contributed by atoms with Crippen molar-refractivity contribution in [2.24, 2.45) is 28.6 Å². The van der Waals surface area contributed by atoms with E-state index in [9.17, 15) is 9.90 Å². The third kappa shape index (κ3) is 2.40. The highest BCUT2D eigenvalue weighted by atomic mass is 79.9. The molecule has 4 saturated carbocycles. The van der Waals surface area contributed by atoms with Crippen molar-refractivity contribution in [1.82, 2.24) is 0 Å². The number of halogens is 2. The largest absolute Gasteiger partial charge is 0.393 e. The van der Waals surface area contributed by atoms with Crippen LogP contribution in [-0.4, -0.2) is 45.0 Å².